The highest BCUT2D eigenvalue weighted by molar-refractivity contribution is 6.40. The molecule has 120 valence electrons. The average molecular weight is 357 g/mol. The van der Waals surface area contributed by atoms with Crippen LogP contribution in [0, 0.1) is 0 Å². The third-order valence-corrected chi connectivity index (χ3v) is 4.02. The number of halogens is 2. The van der Waals surface area contributed by atoms with E-state index in [4.69, 9.17) is 23.2 Å². The first kappa shape index (κ1) is 16.4. The number of carbonyl (C=O) groups is 1. The molecule has 0 aliphatic rings. The Kier molecular flexibility index (Phi) is 5.04. The lowest BCUT2D eigenvalue weighted by Gasteiger charge is -2.10. The van der Waals surface area contributed by atoms with Crippen LogP contribution in [-0.4, -0.2) is 5.91 Å². The quantitative estimate of drug-likeness (QED) is 0.602. The second kappa shape index (κ2) is 7.39. The molecule has 24 heavy (non-hydrogen) atoms. The lowest BCUT2D eigenvalue weighted by molar-refractivity contribution is 0.102. The summed E-state index contributed by atoms with van der Waals surface area (Å²) in [4.78, 5) is 12.3. The van der Waals surface area contributed by atoms with E-state index in [1.165, 1.54) is 0 Å². The van der Waals surface area contributed by atoms with Gasteiger partial charge in [0.2, 0.25) is 0 Å². The minimum Gasteiger partial charge on any atom is -0.356 e. The SMILES string of the molecule is O=C(Nc1ccc(Nc2ccccc2)cc1)c1c(Cl)cccc1Cl. The van der Waals surface area contributed by atoms with E-state index in [2.05, 4.69) is 10.6 Å². The molecule has 0 atom stereocenters. The van der Waals surface area contributed by atoms with Crippen molar-refractivity contribution in [2.45, 2.75) is 0 Å². The van der Waals surface area contributed by atoms with Gasteiger partial charge in [-0.2, -0.15) is 0 Å². The molecule has 0 heterocycles. The highest BCUT2D eigenvalue weighted by atomic mass is 35.5. The summed E-state index contributed by atoms with van der Waals surface area (Å²) >= 11 is 12.1. The fraction of sp³-hybridized carbons (Fsp3) is 0. The predicted molar refractivity (Wildman–Crippen MR) is 101 cm³/mol. The number of para-hydroxylation sites is 1. The van der Waals surface area contributed by atoms with Gasteiger partial charge in [0.25, 0.3) is 5.91 Å². The van der Waals surface area contributed by atoms with Crippen LogP contribution in [0.5, 0.6) is 0 Å². The van der Waals surface area contributed by atoms with Crippen molar-refractivity contribution >= 4 is 46.2 Å². The summed E-state index contributed by atoms with van der Waals surface area (Å²) in [6, 6.07) is 22.2. The molecule has 1 amide bonds. The van der Waals surface area contributed by atoms with Gasteiger partial charge in [-0.1, -0.05) is 47.5 Å². The lowest BCUT2D eigenvalue weighted by Crippen LogP contribution is -2.13. The zero-order valence-electron chi connectivity index (χ0n) is 12.6. The van der Waals surface area contributed by atoms with Crippen LogP contribution in [0.1, 0.15) is 10.4 Å². The average Bonchev–Trinajstić information content (AvgIpc) is 2.57. The Balaban J connectivity index is 1.71. The summed E-state index contributed by atoms with van der Waals surface area (Å²) in [5, 5.41) is 6.72. The number of carbonyl (C=O) groups excluding carboxylic acids is 1. The van der Waals surface area contributed by atoms with Gasteiger partial charge >= 0.3 is 0 Å². The van der Waals surface area contributed by atoms with E-state index in [0.29, 0.717) is 15.7 Å². The van der Waals surface area contributed by atoms with Crippen LogP contribution in [-0.2, 0) is 0 Å². The predicted octanol–water partition coefficient (Wildman–Crippen LogP) is 5.99. The molecule has 0 aliphatic heterocycles. The van der Waals surface area contributed by atoms with Crippen molar-refractivity contribution in [2.24, 2.45) is 0 Å². The molecular weight excluding hydrogens is 343 g/mol. The second-order valence-electron chi connectivity index (χ2n) is 5.12. The number of amides is 1. The first-order valence-electron chi connectivity index (χ1n) is 7.31. The summed E-state index contributed by atoms with van der Waals surface area (Å²) in [5.74, 6) is -0.339. The van der Waals surface area contributed by atoms with Crippen LogP contribution in [0.25, 0.3) is 0 Å². The molecule has 0 saturated heterocycles. The Hall–Kier alpha value is -2.49. The maximum atomic E-state index is 12.3. The molecule has 0 saturated carbocycles. The maximum absolute atomic E-state index is 12.3. The van der Waals surface area contributed by atoms with Gasteiger partial charge in [-0.3, -0.25) is 4.79 Å². The molecule has 3 nitrogen and oxygen atoms in total. The van der Waals surface area contributed by atoms with Crippen molar-refractivity contribution in [3.63, 3.8) is 0 Å². The third-order valence-electron chi connectivity index (χ3n) is 3.40. The molecule has 5 heteroatoms. The highest BCUT2D eigenvalue weighted by Crippen LogP contribution is 2.26. The van der Waals surface area contributed by atoms with Crippen molar-refractivity contribution in [1.29, 1.82) is 0 Å². The molecule has 2 N–H and O–H groups in total. The number of rotatable bonds is 4. The minimum atomic E-state index is -0.339. The molecule has 0 aromatic heterocycles. The van der Waals surface area contributed by atoms with Gasteiger partial charge in [0.05, 0.1) is 15.6 Å². The summed E-state index contributed by atoms with van der Waals surface area (Å²) < 4.78 is 0. The molecule has 0 aliphatic carbocycles. The van der Waals surface area contributed by atoms with Crippen LogP contribution >= 0.6 is 23.2 Å². The van der Waals surface area contributed by atoms with Crippen LogP contribution < -0.4 is 10.6 Å². The van der Waals surface area contributed by atoms with E-state index in [9.17, 15) is 4.79 Å². The van der Waals surface area contributed by atoms with E-state index in [0.717, 1.165) is 11.4 Å². The largest absolute Gasteiger partial charge is 0.356 e. The van der Waals surface area contributed by atoms with E-state index in [1.807, 2.05) is 54.6 Å². The lowest BCUT2D eigenvalue weighted by atomic mass is 10.2. The monoisotopic (exact) mass is 356 g/mol. The van der Waals surface area contributed by atoms with E-state index < -0.39 is 0 Å². The molecule has 3 aromatic carbocycles. The summed E-state index contributed by atoms with van der Waals surface area (Å²) in [5.41, 5.74) is 2.86. The van der Waals surface area contributed by atoms with Gasteiger partial charge in [-0.05, 0) is 48.5 Å². The van der Waals surface area contributed by atoms with Crippen molar-refractivity contribution in [1.82, 2.24) is 0 Å². The van der Waals surface area contributed by atoms with Crippen molar-refractivity contribution in [2.75, 3.05) is 10.6 Å². The molecular formula is C19H14Cl2N2O. The Labute approximate surface area is 150 Å². The van der Waals surface area contributed by atoms with Crippen LogP contribution in [0.15, 0.2) is 72.8 Å². The standard InChI is InChI=1S/C19H14Cl2N2O/c20-16-7-4-8-17(21)18(16)19(24)23-15-11-9-14(10-12-15)22-13-5-2-1-3-6-13/h1-12,22H,(H,23,24). The van der Waals surface area contributed by atoms with Gasteiger partial charge in [0.15, 0.2) is 0 Å². The van der Waals surface area contributed by atoms with Gasteiger partial charge in [0, 0.05) is 17.1 Å². The van der Waals surface area contributed by atoms with Crippen molar-refractivity contribution < 1.29 is 4.79 Å². The fourth-order valence-corrected chi connectivity index (χ4v) is 2.80. The summed E-state index contributed by atoms with van der Waals surface area (Å²) in [6.45, 7) is 0. The summed E-state index contributed by atoms with van der Waals surface area (Å²) in [7, 11) is 0. The molecule has 0 unspecified atom stereocenters. The number of hydrogen-bond acceptors (Lipinski definition) is 2. The van der Waals surface area contributed by atoms with Crippen LogP contribution in [0.2, 0.25) is 10.0 Å². The number of benzene rings is 3. The Morgan fingerprint density at radius 1 is 0.667 bits per heavy atom. The third kappa shape index (κ3) is 3.88. The Morgan fingerprint density at radius 2 is 1.21 bits per heavy atom. The maximum Gasteiger partial charge on any atom is 0.258 e. The number of hydrogen-bond donors (Lipinski definition) is 2. The van der Waals surface area contributed by atoms with E-state index >= 15 is 0 Å². The fourth-order valence-electron chi connectivity index (χ4n) is 2.23. The van der Waals surface area contributed by atoms with Crippen LogP contribution in [0.3, 0.4) is 0 Å². The van der Waals surface area contributed by atoms with E-state index in [-0.39, 0.29) is 11.5 Å². The zero-order chi connectivity index (χ0) is 16.9. The van der Waals surface area contributed by atoms with Gasteiger partial charge < -0.3 is 10.6 Å². The molecule has 0 bridgehead atoms. The van der Waals surface area contributed by atoms with Crippen LogP contribution in [0.4, 0.5) is 17.1 Å². The van der Waals surface area contributed by atoms with Crippen molar-refractivity contribution in [3.05, 3.63) is 88.4 Å². The Morgan fingerprint density at radius 3 is 1.83 bits per heavy atom. The first-order valence-corrected chi connectivity index (χ1v) is 8.06. The topological polar surface area (TPSA) is 41.1 Å². The smallest absolute Gasteiger partial charge is 0.258 e. The highest BCUT2D eigenvalue weighted by Gasteiger charge is 2.14. The molecule has 3 rings (SSSR count). The normalized spacial score (nSPS) is 10.2. The molecule has 0 fully saturated rings. The van der Waals surface area contributed by atoms with Gasteiger partial charge in [0.1, 0.15) is 0 Å². The Bertz CT molecular complexity index is 829. The summed E-state index contributed by atoms with van der Waals surface area (Å²) in [6.07, 6.45) is 0. The van der Waals surface area contributed by atoms with Gasteiger partial charge in [-0.25, -0.2) is 0 Å². The minimum absolute atomic E-state index is 0.271. The zero-order valence-corrected chi connectivity index (χ0v) is 14.1. The molecule has 0 spiro atoms. The number of nitrogens with one attached hydrogen (secondary N) is 2. The van der Waals surface area contributed by atoms with E-state index in [1.54, 1.807) is 18.2 Å². The molecule has 3 aromatic rings. The van der Waals surface area contributed by atoms with Crippen molar-refractivity contribution in [3.8, 4) is 0 Å². The second-order valence-corrected chi connectivity index (χ2v) is 5.93. The first-order chi connectivity index (χ1) is 11.6. The van der Waals surface area contributed by atoms with Gasteiger partial charge in [-0.15, -0.1) is 0 Å². The number of anilines is 3. The molecule has 0 radical (unpaired) electrons.